The van der Waals surface area contributed by atoms with Crippen LogP contribution in [0, 0.1) is 6.92 Å². The highest BCUT2D eigenvalue weighted by Crippen LogP contribution is 2.39. The molecule has 0 amide bonds. The Morgan fingerprint density at radius 2 is 1.88 bits per heavy atom. The molecule has 1 aromatic carbocycles. The molecule has 0 bridgehead atoms. The van der Waals surface area contributed by atoms with Gasteiger partial charge in [-0.3, -0.25) is 0 Å². The van der Waals surface area contributed by atoms with Gasteiger partial charge < -0.3 is 10.2 Å². The summed E-state index contributed by atoms with van der Waals surface area (Å²) in [5, 5.41) is 19.2. The Balaban J connectivity index is 2.29. The molecule has 0 saturated heterocycles. The Hall–Kier alpha value is -1.02. The molecule has 2 nitrogen and oxygen atoms in total. The van der Waals surface area contributed by atoms with E-state index in [1.807, 2.05) is 13.0 Å². The zero-order valence-corrected chi connectivity index (χ0v) is 10.6. The van der Waals surface area contributed by atoms with Crippen molar-refractivity contribution in [3.8, 4) is 5.75 Å². The van der Waals surface area contributed by atoms with E-state index in [9.17, 15) is 5.11 Å². The summed E-state index contributed by atoms with van der Waals surface area (Å²) >= 11 is 0. The minimum Gasteiger partial charge on any atom is -0.507 e. The predicted molar refractivity (Wildman–Crippen MR) is 69.5 cm³/mol. The van der Waals surface area contributed by atoms with E-state index in [1.165, 1.54) is 32.1 Å². The van der Waals surface area contributed by atoms with E-state index in [-0.39, 0.29) is 6.61 Å². The summed E-state index contributed by atoms with van der Waals surface area (Å²) in [5.74, 6) is 0.986. The van der Waals surface area contributed by atoms with E-state index in [2.05, 4.69) is 6.07 Å². The topological polar surface area (TPSA) is 40.5 Å². The molecule has 0 heterocycles. The number of phenolic OH excluding ortho intramolecular Hbond substituents is 1. The van der Waals surface area contributed by atoms with Crippen LogP contribution in [0.3, 0.4) is 0 Å². The minimum absolute atomic E-state index is 0.175. The number of aromatic hydroxyl groups is 1. The van der Waals surface area contributed by atoms with E-state index >= 15 is 0 Å². The molecule has 2 N–H and O–H groups in total. The third-order valence-electron chi connectivity index (χ3n) is 3.84. The van der Waals surface area contributed by atoms with Crippen molar-refractivity contribution in [2.24, 2.45) is 0 Å². The maximum absolute atomic E-state index is 10.2. The van der Waals surface area contributed by atoms with Crippen LogP contribution in [0.1, 0.15) is 54.7 Å². The van der Waals surface area contributed by atoms with Gasteiger partial charge in [-0.25, -0.2) is 0 Å². The third kappa shape index (κ3) is 2.81. The van der Waals surface area contributed by atoms with Gasteiger partial charge in [-0.05, 0) is 48.8 Å². The van der Waals surface area contributed by atoms with Crippen LogP contribution in [0.25, 0.3) is 0 Å². The van der Waals surface area contributed by atoms with Crippen molar-refractivity contribution in [3.63, 3.8) is 0 Å². The lowest BCUT2D eigenvalue weighted by Gasteiger charge is -2.24. The highest BCUT2D eigenvalue weighted by atomic mass is 16.3. The monoisotopic (exact) mass is 234 g/mol. The second-order valence-corrected chi connectivity index (χ2v) is 5.16. The molecule has 2 heteroatoms. The number of phenols is 1. The number of hydrogen-bond acceptors (Lipinski definition) is 2. The normalized spacial score (nSPS) is 17.3. The van der Waals surface area contributed by atoms with E-state index < -0.39 is 0 Å². The van der Waals surface area contributed by atoms with Gasteiger partial charge in [0.05, 0.1) is 0 Å². The molecule has 0 unspecified atom stereocenters. The van der Waals surface area contributed by atoms with Gasteiger partial charge in [-0.1, -0.05) is 31.4 Å². The fourth-order valence-corrected chi connectivity index (χ4v) is 2.88. The van der Waals surface area contributed by atoms with Gasteiger partial charge in [0.15, 0.2) is 0 Å². The molecule has 17 heavy (non-hydrogen) atoms. The fraction of sp³-hybridized carbons (Fsp3) is 0.600. The standard InChI is InChI=1S/C15H22O2/c1-11-9-12(7-8-16)10-14(15(11)17)13-5-3-2-4-6-13/h9-10,13,16-17H,2-8H2,1H3. The number of rotatable bonds is 3. The molecule has 2 rings (SSSR count). The first-order chi connectivity index (χ1) is 8.22. The molecule has 0 spiro atoms. The maximum atomic E-state index is 10.2. The number of aryl methyl sites for hydroxylation is 1. The van der Waals surface area contributed by atoms with Crippen LogP contribution in [0.5, 0.6) is 5.75 Å². The SMILES string of the molecule is Cc1cc(CCO)cc(C2CCCCC2)c1O. The highest BCUT2D eigenvalue weighted by molar-refractivity contribution is 5.45. The largest absolute Gasteiger partial charge is 0.507 e. The Morgan fingerprint density at radius 1 is 1.18 bits per heavy atom. The summed E-state index contributed by atoms with van der Waals surface area (Å²) in [4.78, 5) is 0. The molecule has 0 aliphatic heterocycles. The summed E-state index contributed by atoms with van der Waals surface area (Å²) in [6.45, 7) is 2.12. The van der Waals surface area contributed by atoms with E-state index in [4.69, 9.17) is 5.11 Å². The predicted octanol–water partition coefficient (Wildman–Crippen LogP) is 3.28. The average Bonchev–Trinajstić information content (AvgIpc) is 2.35. The van der Waals surface area contributed by atoms with Crippen LogP contribution in [-0.2, 0) is 6.42 Å². The lowest BCUT2D eigenvalue weighted by molar-refractivity contribution is 0.299. The van der Waals surface area contributed by atoms with Crippen molar-refractivity contribution in [2.75, 3.05) is 6.61 Å². The number of hydrogen-bond donors (Lipinski definition) is 2. The first kappa shape index (κ1) is 12.4. The molecule has 1 fully saturated rings. The minimum atomic E-state index is 0.175. The lowest BCUT2D eigenvalue weighted by Crippen LogP contribution is -2.06. The Kier molecular flexibility index (Phi) is 4.06. The molecule has 0 aromatic heterocycles. The molecule has 1 aliphatic carbocycles. The van der Waals surface area contributed by atoms with Crippen molar-refractivity contribution >= 4 is 0 Å². The van der Waals surface area contributed by atoms with Crippen molar-refractivity contribution in [1.82, 2.24) is 0 Å². The van der Waals surface area contributed by atoms with Gasteiger partial charge in [-0.15, -0.1) is 0 Å². The summed E-state index contributed by atoms with van der Waals surface area (Å²) < 4.78 is 0. The van der Waals surface area contributed by atoms with Crippen LogP contribution in [0.4, 0.5) is 0 Å². The molecule has 1 saturated carbocycles. The zero-order chi connectivity index (χ0) is 12.3. The average molecular weight is 234 g/mol. The molecule has 1 aromatic rings. The summed E-state index contributed by atoms with van der Waals surface area (Å²) in [5.41, 5.74) is 3.19. The van der Waals surface area contributed by atoms with E-state index in [0.717, 1.165) is 16.7 Å². The zero-order valence-electron chi connectivity index (χ0n) is 10.6. The van der Waals surface area contributed by atoms with E-state index in [1.54, 1.807) is 0 Å². The highest BCUT2D eigenvalue weighted by Gasteiger charge is 2.20. The first-order valence-corrected chi connectivity index (χ1v) is 6.65. The summed E-state index contributed by atoms with van der Waals surface area (Å²) in [6.07, 6.45) is 6.93. The van der Waals surface area contributed by atoms with Crippen LogP contribution in [0.15, 0.2) is 12.1 Å². The van der Waals surface area contributed by atoms with Crippen LogP contribution >= 0.6 is 0 Å². The Labute approximate surface area is 103 Å². The number of aliphatic hydroxyl groups is 1. The molecular formula is C15H22O2. The number of aliphatic hydroxyl groups excluding tert-OH is 1. The molecule has 0 radical (unpaired) electrons. The van der Waals surface area contributed by atoms with Gasteiger partial charge >= 0.3 is 0 Å². The molecular weight excluding hydrogens is 212 g/mol. The summed E-state index contributed by atoms with van der Waals surface area (Å²) in [6, 6.07) is 4.08. The van der Waals surface area contributed by atoms with Crippen molar-refractivity contribution < 1.29 is 10.2 Å². The maximum Gasteiger partial charge on any atom is 0.121 e. The van der Waals surface area contributed by atoms with Crippen molar-refractivity contribution in [3.05, 3.63) is 28.8 Å². The smallest absolute Gasteiger partial charge is 0.121 e. The van der Waals surface area contributed by atoms with Gasteiger partial charge in [0.1, 0.15) is 5.75 Å². The van der Waals surface area contributed by atoms with Crippen LogP contribution in [0.2, 0.25) is 0 Å². The van der Waals surface area contributed by atoms with Crippen LogP contribution in [-0.4, -0.2) is 16.8 Å². The molecule has 0 atom stereocenters. The Morgan fingerprint density at radius 3 is 2.53 bits per heavy atom. The second kappa shape index (κ2) is 5.54. The van der Waals surface area contributed by atoms with Gasteiger partial charge in [-0.2, -0.15) is 0 Å². The first-order valence-electron chi connectivity index (χ1n) is 6.65. The second-order valence-electron chi connectivity index (χ2n) is 5.16. The van der Waals surface area contributed by atoms with E-state index in [0.29, 0.717) is 18.1 Å². The summed E-state index contributed by atoms with van der Waals surface area (Å²) in [7, 11) is 0. The fourth-order valence-electron chi connectivity index (χ4n) is 2.88. The third-order valence-corrected chi connectivity index (χ3v) is 3.84. The van der Waals surface area contributed by atoms with Crippen molar-refractivity contribution in [2.45, 2.75) is 51.4 Å². The quantitative estimate of drug-likeness (QED) is 0.842. The van der Waals surface area contributed by atoms with Crippen LogP contribution < -0.4 is 0 Å². The lowest BCUT2D eigenvalue weighted by atomic mass is 9.82. The van der Waals surface area contributed by atoms with Gasteiger partial charge in [0.2, 0.25) is 0 Å². The molecule has 1 aliphatic rings. The Bertz CT molecular complexity index is 379. The van der Waals surface area contributed by atoms with Gasteiger partial charge in [0.25, 0.3) is 0 Å². The van der Waals surface area contributed by atoms with Crippen molar-refractivity contribution in [1.29, 1.82) is 0 Å². The number of benzene rings is 1. The molecule has 94 valence electrons. The van der Waals surface area contributed by atoms with Gasteiger partial charge in [0, 0.05) is 6.61 Å².